The molecule has 0 saturated heterocycles. The van der Waals surface area contributed by atoms with Gasteiger partial charge in [0, 0.05) is 20.1 Å². The second kappa shape index (κ2) is 6.54. The maximum absolute atomic E-state index is 12.2. The van der Waals surface area contributed by atoms with Crippen molar-refractivity contribution in [2.45, 2.75) is 6.54 Å². The molecule has 6 heteroatoms. The third-order valence-corrected chi connectivity index (χ3v) is 3.25. The zero-order valence-electron chi connectivity index (χ0n) is 11.2. The number of benzene rings is 1. The first kappa shape index (κ1) is 14.6. The predicted molar refractivity (Wildman–Crippen MR) is 79.1 cm³/mol. The lowest BCUT2D eigenvalue weighted by molar-refractivity contribution is 0.301. The van der Waals surface area contributed by atoms with Crippen molar-refractivity contribution in [1.29, 1.82) is 0 Å². The zero-order valence-corrected chi connectivity index (χ0v) is 11.9. The number of halogens is 1. The van der Waals surface area contributed by atoms with Crippen molar-refractivity contribution in [3.8, 4) is 0 Å². The molecule has 0 saturated carbocycles. The lowest BCUT2D eigenvalue weighted by Crippen LogP contribution is -2.34. The van der Waals surface area contributed by atoms with Crippen LogP contribution in [0.2, 0.25) is 5.02 Å². The molecule has 0 atom stereocenters. The molecule has 0 spiro atoms. The number of aliphatic hydroxyl groups excluding tert-OH is 1. The fraction of sp³-hybridized carbons (Fsp3) is 0.286. The fourth-order valence-electron chi connectivity index (χ4n) is 1.99. The minimum atomic E-state index is -0.276. The third-order valence-electron chi connectivity index (χ3n) is 2.97. The molecule has 0 radical (unpaired) electrons. The van der Waals surface area contributed by atoms with Gasteiger partial charge >= 0.3 is 0 Å². The van der Waals surface area contributed by atoms with Crippen LogP contribution in [0.3, 0.4) is 0 Å². The molecule has 1 heterocycles. The van der Waals surface area contributed by atoms with Gasteiger partial charge < -0.3 is 10.0 Å². The number of hydrogen-bond acceptors (Lipinski definition) is 4. The summed E-state index contributed by atoms with van der Waals surface area (Å²) < 4.78 is 1.23. The van der Waals surface area contributed by atoms with Gasteiger partial charge in [-0.25, -0.2) is 4.68 Å². The van der Waals surface area contributed by atoms with E-state index in [4.69, 9.17) is 11.6 Å². The average molecular weight is 294 g/mol. The molecule has 2 aromatic rings. The van der Waals surface area contributed by atoms with E-state index in [1.54, 1.807) is 11.9 Å². The van der Waals surface area contributed by atoms with Crippen molar-refractivity contribution >= 4 is 17.3 Å². The average Bonchev–Trinajstić information content (AvgIpc) is 2.45. The van der Waals surface area contributed by atoms with E-state index in [0.717, 1.165) is 5.56 Å². The van der Waals surface area contributed by atoms with Gasteiger partial charge in [0.25, 0.3) is 5.56 Å². The van der Waals surface area contributed by atoms with Gasteiger partial charge in [0.2, 0.25) is 0 Å². The summed E-state index contributed by atoms with van der Waals surface area (Å²) in [5.74, 6) is 0. The molecule has 1 aromatic carbocycles. The Kier molecular flexibility index (Phi) is 4.76. The van der Waals surface area contributed by atoms with E-state index in [1.165, 1.54) is 10.9 Å². The maximum atomic E-state index is 12.2. The highest BCUT2D eigenvalue weighted by atomic mass is 35.5. The highest BCUT2D eigenvalue weighted by Gasteiger charge is 2.16. The minimum Gasteiger partial charge on any atom is -0.395 e. The highest BCUT2D eigenvalue weighted by molar-refractivity contribution is 6.33. The molecule has 20 heavy (non-hydrogen) atoms. The van der Waals surface area contributed by atoms with Gasteiger partial charge in [-0.3, -0.25) is 4.79 Å². The monoisotopic (exact) mass is 293 g/mol. The van der Waals surface area contributed by atoms with Gasteiger partial charge in [-0.05, 0) is 5.56 Å². The Morgan fingerprint density at radius 1 is 1.35 bits per heavy atom. The predicted octanol–water partition coefficient (Wildman–Crippen LogP) is 1.43. The molecule has 1 aromatic heterocycles. The van der Waals surface area contributed by atoms with Crippen LogP contribution in [0.4, 0.5) is 5.69 Å². The van der Waals surface area contributed by atoms with Crippen LogP contribution in [0.25, 0.3) is 0 Å². The lowest BCUT2D eigenvalue weighted by Gasteiger charge is -2.24. The Bertz CT molecular complexity index is 628. The summed E-state index contributed by atoms with van der Waals surface area (Å²) in [6.07, 6.45) is 1.44. The van der Waals surface area contributed by atoms with Gasteiger partial charge in [-0.1, -0.05) is 41.9 Å². The summed E-state index contributed by atoms with van der Waals surface area (Å²) in [5, 5.41) is 13.4. The van der Waals surface area contributed by atoms with Crippen molar-refractivity contribution in [2.75, 3.05) is 18.1 Å². The first-order valence-corrected chi connectivity index (χ1v) is 6.63. The van der Waals surface area contributed by atoms with Crippen LogP contribution in [0.15, 0.2) is 41.3 Å². The number of nitrogens with zero attached hydrogens (tertiary/aromatic N) is 3. The zero-order chi connectivity index (χ0) is 14.5. The van der Waals surface area contributed by atoms with E-state index >= 15 is 0 Å². The van der Waals surface area contributed by atoms with Crippen molar-refractivity contribution in [2.24, 2.45) is 7.05 Å². The number of aliphatic hydroxyl groups is 1. The number of rotatable bonds is 5. The second-order valence-electron chi connectivity index (χ2n) is 4.40. The Hall–Kier alpha value is -1.85. The maximum Gasteiger partial charge on any atom is 0.291 e. The van der Waals surface area contributed by atoms with E-state index in [0.29, 0.717) is 18.8 Å². The van der Waals surface area contributed by atoms with Crippen LogP contribution in [0.5, 0.6) is 0 Å². The van der Waals surface area contributed by atoms with Crippen molar-refractivity contribution in [3.63, 3.8) is 0 Å². The summed E-state index contributed by atoms with van der Waals surface area (Å²) in [4.78, 5) is 14.0. The lowest BCUT2D eigenvalue weighted by atomic mass is 10.2. The van der Waals surface area contributed by atoms with Crippen LogP contribution < -0.4 is 10.5 Å². The number of hydrogen-bond donors (Lipinski definition) is 1. The van der Waals surface area contributed by atoms with Crippen molar-refractivity contribution < 1.29 is 5.11 Å². The number of aromatic nitrogens is 2. The molecule has 106 valence electrons. The molecule has 5 nitrogen and oxygen atoms in total. The van der Waals surface area contributed by atoms with Gasteiger partial charge in [-0.2, -0.15) is 5.10 Å². The van der Waals surface area contributed by atoms with Crippen LogP contribution >= 0.6 is 11.6 Å². The molecular weight excluding hydrogens is 278 g/mol. The molecule has 0 aliphatic carbocycles. The van der Waals surface area contributed by atoms with E-state index in [-0.39, 0.29) is 17.2 Å². The minimum absolute atomic E-state index is 0.0609. The summed E-state index contributed by atoms with van der Waals surface area (Å²) in [7, 11) is 1.57. The molecule has 0 aliphatic heterocycles. The van der Waals surface area contributed by atoms with Gasteiger partial charge in [0.15, 0.2) is 0 Å². The molecule has 0 aliphatic rings. The van der Waals surface area contributed by atoms with Crippen LogP contribution in [-0.2, 0) is 13.6 Å². The summed E-state index contributed by atoms with van der Waals surface area (Å²) in [6.45, 7) is 0.767. The van der Waals surface area contributed by atoms with E-state index in [1.807, 2.05) is 30.3 Å². The molecular formula is C14H16ClN3O2. The summed E-state index contributed by atoms with van der Waals surface area (Å²) in [5.41, 5.74) is 1.12. The van der Waals surface area contributed by atoms with Crippen molar-refractivity contribution in [1.82, 2.24) is 9.78 Å². The topological polar surface area (TPSA) is 58.4 Å². The largest absolute Gasteiger partial charge is 0.395 e. The molecule has 2 rings (SSSR count). The van der Waals surface area contributed by atoms with Crippen LogP contribution in [0, 0.1) is 0 Å². The number of aryl methyl sites for hydroxylation is 1. The van der Waals surface area contributed by atoms with Crippen LogP contribution in [-0.4, -0.2) is 28.0 Å². The SMILES string of the molecule is Cn1ncc(Cl)c(N(CCO)Cc2ccccc2)c1=O. The molecule has 0 fully saturated rings. The fourth-order valence-corrected chi connectivity index (χ4v) is 2.23. The summed E-state index contributed by atoms with van der Waals surface area (Å²) >= 11 is 6.10. The van der Waals surface area contributed by atoms with E-state index in [9.17, 15) is 9.90 Å². The molecule has 0 amide bonds. The normalized spacial score (nSPS) is 10.6. The Labute approximate surface area is 122 Å². The summed E-state index contributed by atoms with van der Waals surface area (Å²) in [6, 6.07) is 9.71. The molecule has 1 N–H and O–H groups in total. The smallest absolute Gasteiger partial charge is 0.291 e. The Balaban J connectivity index is 2.39. The first-order chi connectivity index (χ1) is 9.63. The van der Waals surface area contributed by atoms with Gasteiger partial charge in [0.05, 0.1) is 17.8 Å². The molecule has 0 unspecified atom stereocenters. The standard InChI is InChI=1S/C14H16ClN3O2/c1-17-14(20)13(12(15)9-16-17)18(7-8-19)10-11-5-3-2-4-6-11/h2-6,9,19H,7-8,10H2,1H3. The van der Waals surface area contributed by atoms with Gasteiger partial charge in [0.1, 0.15) is 5.69 Å². The van der Waals surface area contributed by atoms with E-state index < -0.39 is 0 Å². The molecule has 0 bridgehead atoms. The third kappa shape index (κ3) is 3.18. The van der Waals surface area contributed by atoms with E-state index in [2.05, 4.69) is 5.10 Å². The van der Waals surface area contributed by atoms with Gasteiger partial charge in [-0.15, -0.1) is 0 Å². The second-order valence-corrected chi connectivity index (χ2v) is 4.81. The quantitative estimate of drug-likeness (QED) is 0.906. The van der Waals surface area contributed by atoms with Crippen LogP contribution in [0.1, 0.15) is 5.56 Å². The highest BCUT2D eigenvalue weighted by Crippen LogP contribution is 2.21. The first-order valence-electron chi connectivity index (χ1n) is 6.25. The van der Waals surface area contributed by atoms with Crippen molar-refractivity contribution in [3.05, 3.63) is 57.5 Å². The Morgan fingerprint density at radius 3 is 2.70 bits per heavy atom. The Morgan fingerprint density at radius 2 is 2.05 bits per heavy atom. The number of anilines is 1.